The lowest BCUT2D eigenvalue weighted by Gasteiger charge is -2.07. The van der Waals surface area contributed by atoms with E-state index < -0.39 is 0 Å². The third-order valence-corrected chi connectivity index (χ3v) is 5.80. The van der Waals surface area contributed by atoms with Crippen LogP contribution in [-0.2, 0) is 9.59 Å². The normalized spacial score (nSPS) is 13.7. The highest BCUT2D eigenvalue weighted by Crippen LogP contribution is 2.37. The van der Waals surface area contributed by atoms with Crippen molar-refractivity contribution in [3.63, 3.8) is 0 Å². The van der Waals surface area contributed by atoms with Crippen molar-refractivity contribution in [3.05, 3.63) is 30.3 Å². The lowest BCUT2D eigenvalue weighted by molar-refractivity contribution is -0.119. The fraction of sp³-hybridized carbons (Fsp3) is 0.389. The van der Waals surface area contributed by atoms with Gasteiger partial charge in [0.05, 0.1) is 5.75 Å². The van der Waals surface area contributed by atoms with E-state index in [1.54, 1.807) is 0 Å². The highest BCUT2D eigenvalue weighted by Gasteiger charge is 2.23. The molecule has 0 atom stereocenters. The summed E-state index contributed by atoms with van der Waals surface area (Å²) < 4.78 is 0.781. The van der Waals surface area contributed by atoms with Crippen LogP contribution >= 0.6 is 23.1 Å². The Kier molecular flexibility index (Phi) is 5.75. The van der Waals surface area contributed by atoms with Crippen LogP contribution in [0.2, 0.25) is 0 Å². The fourth-order valence-corrected chi connectivity index (χ4v) is 4.00. The van der Waals surface area contributed by atoms with Gasteiger partial charge in [-0.05, 0) is 12.8 Å². The minimum atomic E-state index is -0.105. The van der Waals surface area contributed by atoms with Gasteiger partial charge in [0.25, 0.3) is 0 Å². The van der Waals surface area contributed by atoms with Crippen molar-refractivity contribution in [2.75, 3.05) is 11.1 Å². The summed E-state index contributed by atoms with van der Waals surface area (Å²) in [6.07, 6.45) is 2.16. The Morgan fingerprint density at radius 3 is 2.64 bits per heavy atom. The monoisotopic (exact) mass is 375 g/mol. The molecule has 1 heterocycles. The summed E-state index contributed by atoms with van der Waals surface area (Å²) in [6, 6.07) is 10.1. The van der Waals surface area contributed by atoms with E-state index in [2.05, 4.69) is 15.6 Å². The van der Waals surface area contributed by atoms with E-state index >= 15 is 0 Å². The predicted octanol–water partition coefficient (Wildman–Crippen LogP) is 3.78. The second-order valence-corrected chi connectivity index (χ2v) is 8.52. The summed E-state index contributed by atoms with van der Waals surface area (Å²) in [5.41, 5.74) is 1.71. The van der Waals surface area contributed by atoms with E-state index in [9.17, 15) is 9.59 Å². The number of hydrogen-bond acceptors (Lipinski definition) is 5. The van der Waals surface area contributed by atoms with Gasteiger partial charge < -0.3 is 10.6 Å². The van der Waals surface area contributed by atoms with Gasteiger partial charge in [0.15, 0.2) is 4.34 Å². The number of nitrogens with zero attached hydrogens (tertiary/aromatic N) is 1. The Hall–Kier alpha value is -1.86. The molecule has 5 nitrogen and oxygen atoms in total. The third kappa shape index (κ3) is 5.06. The van der Waals surface area contributed by atoms with E-state index in [0.717, 1.165) is 33.4 Å². The molecule has 0 bridgehead atoms. The van der Waals surface area contributed by atoms with Crippen molar-refractivity contribution in [1.82, 2.24) is 10.3 Å². The predicted molar refractivity (Wildman–Crippen MR) is 103 cm³/mol. The Labute approximate surface area is 155 Å². The van der Waals surface area contributed by atoms with Gasteiger partial charge in [0.2, 0.25) is 11.8 Å². The van der Waals surface area contributed by atoms with Gasteiger partial charge in [-0.1, -0.05) is 67.3 Å². The highest BCUT2D eigenvalue weighted by molar-refractivity contribution is 8.01. The number of carbonyl (C=O) groups excluding carboxylic acids is 2. The smallest absolute Gasteiger partial charge is 0.230 e. The van der Waals surface area contributed by atoms with Crippen molar-refractivity contribution < 1.29 is 9.59 Å². The van der Waals surface area contributed by atoms with Gasteiger partial charge in [-0.15, -0.1) is 0 Å². The van der Waals surface area contributed by atoms with Gasteiger partial charge in [0.1, 0.15) is 10.7 Å². The zero-order chi connectivity index (χ0) is 17.8. The van der Waals surface area contributed by atoms with Crippen LogP contribution in [0.1, 0.15) is 26.7 Å². The minimum Gasteiger partial charge on any atom is -0.353 e. The molecule has 2 aromatic rings. The van der Waals surface area contributed by atoms with E-state index in [1.807, 2.05) is 44.2 Å². The van der Waals surface area contributed by atoms with Gasteiger partial charge in [-0.2, -0.15) is 0 Å². The largest absolute Gasteiger partial charge is 0.353 e. The number of hydrogen-bond donors (Lipinski definition) is 2. The number of rotatable bonds is 7. The molecule has 2 N–H and O–H groups in total. The number of nitrogens with one attached hydrogen (secondary N) is 2. The van der Waals surface area contributed by atoms with E-state index in [-0.39, 0.29) is 17.7 Å². The molecular weight excluding hydrogens is 354 g/mol. The SMILES string of the molecule is CC(C)C(=O)Nc1sc(SCC(=O)NC2CC2)nc1-c1ccccc1. The summed E-state index contributed by atoms with van der Waals surface area (Å²) in [4.78, 5) is 28.6. The Balaban J connectivity index is 1.75. The Bertz CT molecular complexity index is 755. The number of anilines is 1. The van der Waals surface area contributed by atoms with E-state index in [1.165, 1.54) is 23.1 Å². The van der Waals surface area contributed by atoms with Crippen LogP contribution in [0.5, 0.6) is 0 Å². The van der Waals surface area contributed by atoms with Crippen molar-refractivity contribution in [1.29, 1.82) is 0 Å². The van der Waals surface area contributed by atoms with Crippen molar-refractivity contribution in [2.45, 2.75) is 37.1 Å². The second-order valence-electron chi connectivity index (χ2n) is 6.30. The number of thioether (sulfide) groups is 1. The fourth-order valence-electron chi connectivity index (χ4n) is 2.12. The second kappa shape index (κ2) is 8.01. The molecule has 7 heteroatoms. The number of aromatic nitrogens is 1. The molecule has 0 unspecified atom stereocenters. The number of benzene rings is 1. The molecule has 1 aromatic heterocycles. The van der Waals surface area contributed by atoms with Crippen LogP contribution in [-0.4, -0.2) is 28.6 Å². The van der Waals surface area contributed by atoms with Gasteiger partial charge >= 0.3 is 0 Å². The van der Waals surface area contributed by atoms with Crippen molar-refractivity contribution in [3.8, 4) is 11.3 Å². The molecule has 1 aliphatic carbocycles. The first kappa shape index (κ1) is 17.9. The molecule has 132 valence electrons. The number of amides is 2. The van der Waals surface area contributed by atoms with Gasteiger partial charge in [-0.25, -0.2) is 4.98 Å². The Morgan fingerprint density at radius 1 is 1.28 bits per heavy atom. The van der Waals surface area contributed by atoms with Crippen molar-refractivity contribution >= 4 is 39.9 Å². The first-order valence-corrected chi connectivity index (χ1v) is 10.1. The topological polar surface area (TPSA) is 71.1 Å². The molecule has 0 spiro atoms. The molecular formula is C18H21N3O2S2. The molecule has 1 aromatic carbocycles. The molecule has 1 aliphatic rings. The molecule has 1 saturated carbocycles. The van der Waals surface area contributed by atoms with Crippen LogP contribution in [0.3, 0.4) is 0 Å². The molecule has 25 heavy (non-hydrogen) atoms. The van der Waals surface area contributed by atoms with Crippen LogP contribution in [0.4, 0.5) is 5.00 Å². The summed E-state index contributed by atoms with van der Waals surface area (Å²) in [6.45, 7) is 3.72. The Morgan fingerprint density at radius 2 is 2.00 bits per heavy atom. The summed E-state index contributed by atoms with van der Waals surface area (Å²) in [5.74, 6) is 0.238. The minimum absolute atomic E-state index is 0.0381. The summed E-state index contributed by atoms with van der Waals surface area (Å²) in [7, 11) is 0. The van der Waals surface area contributed by atoms with Crippen LogP contribution in [0, 0.1) is 5.92 Å². The quantitative estimate of drug-likeness (QED) is 0.723. The van der Waals surface area contributed by atoms with E-state index in [4.69, 9.17) is 0 Å². The van der Waals surface area contributed by atoms with E-state index in [0.29, 0.717) is 11.8 Å². The standard InChI is InChI=1S/C18H21N3O2S2/c1-11(2)16(23)21-17-15(12-6-4-3-5-7-12)20-18(25-17)24-10-14(22)19-13-8-9-13/h3-7,11,13H,8-10H2,1-2H3,(H,19,22)(H,21,23). The van der Waals surface area contributed by atoms with Gasteiger partial charge in [0, 0.05) is 17.5 Å². The van der Waals surface area contributed by atoms with Crippen LogP contribution < -0.4 is 10.6 Å². The van der Waals surface area contributed by atoms with Gasteiger partial charge in [-0.3, -0.25) is 9.59 Å². The lowest BCUT2D eigenvalue weighted by Crippen LogP contribution is -2.26. The number of thiazole rings is 1. The summed E-state index contributed by atoms with van der Waals surface area (Å²) >= 11 is 2.82. The maximum Gasteiger partial charge on any atom is 0.230 e. The molecule has 0 radical (unpaired) electrons. The first-order chi connectivity index (χ1) is 12.0. The lowest BCUT2D eigenvalue weighted by atomic mass is 10.1. The highest BCUT2D eigenvalue weighted by atomic mass is 32.2. The van der Waals surface area contributed by atoms with Crippen molar-refractivity contribution in [2.24, 2.45) is 5.92 Å². The molecule has 1 fully saturated rings. The molecule has 0 saturated heterocycles. The third-order valence-electron chi connectivity index (χ3n) is 3.69. The summed E-state index contributed by atoms with van der Waals surface area (Å²) in [5, 5.41) is 6.67. The number of carbonyl (C=O) groups is 2. The molecule has 3 rings (SSSR count). The average molecular weight is 376 g/mol. The maximum atomic E-state index is 12.1. The van der Waals surface area contributed by atoms with Crippen LogP contribution in [0.15, 0.2) is 34.7 Å². The molecule has 0 aliphatic heterocycles. The molecule has 2 amide bonds. The average Bonchev–Trinajstić information content (AvgIpc) is 3.32. The maximum absolute atomic E-state index is 12.1. The van der Waals surface area contributed by atoms with Crippen LogP contribution in [0.25, 0.3) is 11.3 Å². The first-order valence-electron chi connectivity index (χ1n) is 8.32. The zero-order valence-corrected chi connectivity index (χ0v) is 15.9. The zero-order valence-electron chi connectivity index (χ0n) is 14.2.